The van der Waals surface area contributed by atoms with E-state index in [1.807, 2.05) is 0 Å². The highest BCUT2D eigenvalue weighted by Gasteiger charge is 2.12. The second kappa shape index (κ2) is 6.15. The predicted octanol–water partition coefficient (Wildman–Crippen LogP) is 1.17. The monoisotopic (exact) mass is 260 g/mol. The normalized spacial score (nSPS) is 9.82. The van der Waals surface area contributed by atoms with E-state index in [-0.39, 0.29) is 23.7 Å². The second-order valence-electron chi connectivity index (χ2n) is 3.07. The van der Waals surface area contributed by atoms with Gasteiger partial charge in [0.25, 0.3) is 5.91 Å². The third kappa shape index (κ3) is 3.99. The minimum Gasteiger partial charge on any atom is -0.469 e. The predicted molar refractivity (Wildman–Crippen MR) is 58.2 cm³/mol. The van der Waals surface area contributed by atoms with Crippen LogP contribution >= 0.6 is 11.6 Å². The van der Waals surface area contributed by atoms with Gasteiger partial charge in [0.05, 0.1) is 25.3 Å². The van der Waals surface area contributed by atoms with Crippen LogP contribution in [0.1, 0.15) is 16.8 Å². The molecule has 0 atom stereocenters. The number of carbonyl (C=O) groups excluding carboxylic acids is 2. The molecule has 0 aliphatic carbocycles. The molecule has 0 saturated heterocycles. The number of carbonyl (C=O) groups is 2. The number of ether oxygens (including phenoxy) is 1. The molecular formula is C10H10ClFN2O3. The van der Waals surface area contributed by atoms with Crippen LogP contribution in [0.3, 0.4) is 0 Å². The molecule has 1 aromatic heterocycles. The van der Waals surface area contributed by atoms with E-state index in [4.69, 9.17) is 11.6 Å². The first kappa shape index (κ1) is 13.4. The van der Waals surface area contributed by atoms with E-state index in [1.165, 1.54) is 7.11 Å². The van der Waals surface area contributed by atoms with E-state index in [0.717, 1.165) is 12.3 Å². The van der Waals surface area contributed by atoms with E-state index in [1.54, 1.807) is 0 Å². The Morgan fingerprint density at radius 2 is 2.29 bits per heavy atom. The third-order valence-corrected chi connectivity index (χ3v) is 2.19. The van der Waals surface area contributed by atoms with Gasteiger partial charge in [0.15, 0.2) is 0 Å². The Labute approximate surface area is 102 Å². The average Bonchev–Trinajstić information content (AvgIpc) is 2.31. The fraction of sp³-hybridized carbons (Fsp3) is 0.300. The first-order valence-corrected chi connectivity index (χ1v) is 5.08. The highest BCUT2D eigenvalue weighted by Crippen LogP contribution is 2.13. The maximum absolute atomic E-state index is 12.8. The molecule has 0 unspecified atom stereocenters. The van der Waals surface area contributed by atoms with Gasteiger partial charge in [-0.3, -0.25) is 9.59 Å². The topological polar surface area (TPSA) is 68.3 Å². The highest BCUT2D eigenvalue weighted by atomic mass is 35.5. The molecule has 1 N–H and O–H groups in total. The standard InChI is InChI=1S/C10H10ClFN2O3/c1-17-8(15)2-3-13-10(16)7-4-6(12)5-14-9(7)11/h4-5H,2-3H2,1H3,(H,13,16). The summed E-state index contributed by atoms with van der Waals surface area (Å²) in [5.74, 6) is -1.70. The molecule has 0 saturated carbocycles. The van der Waals surface area contributed by atoms with Crippen molar-refractivity contribution >= 4 is 23.5 Å². The van der Waals surface area contributed by atoms with Crippen LogP contribution in [0.5, 0.6) is 0 Å². The van der Waals surface area contributed by atoms with Gasteiger partial charge in [0, 0.05) is 6.54 Å². The smallest absolute Gasteiger partial charge is 0.307 e. The molecule has 1 aromatic rings. The average molecular weight is 261 g/mol. The molecule has 17 heavy (non-hydrogen) atoms. The molecule has 1 heterocycles. The van der Waals surface area contributed by atoms with Gasteiger partial charge in [-0.1, -0.05) is 11.6 Å². The summed E-state index contributed by atoms with van der Waals surface area (Å²) in [5.41, 5.74) is -0.0727. The molecule has 0 aliphatic rings. The Morgan fingerprint density at radius 1 is 1.59 bits per heavy atom. The summed E-state index contributed by atoms with van der Waals surface area (Å²) in [5, 5.41) is 2.31. The fourth-order valence-corrected chi connectivity index (χ4v) is 1.25. The summed E-state index contributed by atoms with van der Waals surface area (Å²) in [6, 6.07) is 0.975. The second-order valence-corrected chi connectivity index (χ2v) is 3.43. The van der Waals surface area contributed by atoms with Gasteiger partial charge in [-0.25, -0.2) is 9.37 Å². The van der Waals surface area contributed by atoms with Gasteiger partial charge in [0.2, 0.25) is 0 Å². The number of methoxy groups -OCH3 is 1. The molecule has 0 aromatic carbocycles. The number of halogens is 2. The Hall–Kier alpha value is -1.69. The lowest BCUT2D eigenvalue weighted by Gasteiger charge is -2.05. The van der Waals surface area contributed by atoms with Gasteiger partial charge in [-0.2, -0.15) is 0 Å². The van der Waals surface area contributed by atoms with Gasteiger partial charge in [0.1, 0.15) is 11.0 Å². The van der Waals surface area contributed by atoms with Crippen LogP contribution in [0, 0.1) is 5.82 Å². The first-order valence-electron chi connectivity index (χ1n) is 4.70. The number of amides is 1. The van der Waals surface area contributed by atoms with Gasteiger partial charge < -0.3 is 10.1 Å². The van der Waals surface area contributed by atoms with Gasteiger partial charge in [-0.05, 0) is 6.07 Å². The maximum Gasteiger partial charge on any atom is 0.307 e. The summed E-state index contributed by atoms with van der Waals surface area (Å²) in [7, 11) is 1.25. The molecule has 0 spiro atoms. The number of nitrogens with zero attached hydrogens (tertiary/aromatic N) is 1. The van der Waals surface area contributed by atoms with E-state index in [2.05, 4.69) is 15.0 Å². The number of nitrogens with one attached hydrogen (secondary N) is 1. The summed E-state index contributed by atoms with van der Waals surface area (Å²) in [4.78, 5) is 25.8. The molecule has 1 amide bonds. The van der Waals surface area contributed by atoms with Crippen LogP contribution < -0.4 is 5.32 Å². The van der Waals surface area contributed by atoms with Crippen molar-refractivity contribution < 1.29 is 18.7 Å². The summed E-state index contributed by atoms with van der Waals surface area (Å²) in [6.07, 6.45) is 0.941. The van der Waals surface area contributed by atoms with Crippen molar-refractivity contribution in [2.24, 2.45) is 0 Å². The molecule has 7 heteroatoms. The van der Waals surface area contributed by atoms with E-state index in [0.29, 0.717) is 0 Å². The van der Waals surface area contributed by atoms with Crippen LogP contribution in [0.25, 0.3) is 0 Å². The van der Waals surface area contributed by atoms with Crippen LogP contribution in [-0.4, -0.2) is 30.5 Å². The van der Waals surface area contributed by atoms with Crippen LogP contribution in [0.4, 0.5) is 4.39 Å². The largest absolute Gasteiger partial charge is 0.469 e. The van der Waals surface area contributed by atoms with Crippen molar-refractivity contribution in [3.8, 4) is 0 Å². The highest BCUT2D eigenvalue weighted by molar-refractivity contribution is 6.32. The Kier molecular flexibility index (Phi) is 4.84. The fourth-order valence-electron chi connectivity index (χ4n) is 1.06. The van der Waals surface area contributed by atoms with Gasteiger partial charge >= 0.3 is 5.97 Å². The van der Waals surface area contributed by atoms with E-state index < -0.39 is 17.7 Å². The molecule has 5 nitrogen and oxygen atoms in total. The number of hydrogen-bond donors (Lipinski definition) is 1. The molecule has 0 fully saturated rings. The number of rotatable bonds is 4. The minimum atomic E-state index is -0.660. The van der Waals surface area contributed by atoms with Crippen LogP contribution in [-0.2, 0) is 9.53 Å². The molecule has 0 radical (unpaired) electrons. The molecular weight excluding hydrogens is 251 g/mol. The minimum absolute atomic E-state index is 0.0304. The Morgan fingerprint density at radius 3 is 2.94 bits per heavy atom. The quantitative estimate of drug-likeness (QED) is 0.652. The van der Waals surface area contributed by atoms with Gasteiger partial charge in [-0.15, -0.1) is 0 Å². The van der Waals surface area contributed by atoms with E-state index >= 15 is 0 Å². The number of pyridine rings is 1. The molecule has 92 valence electrons. The lowest BCUT2D eigenvalue weighted by molar-refractivity contribution is -0.140. The van der Waals surface area contributed by atoms with E-state index in [9.17, 15) is 14.0 Å². The molecule has 0 aliphatic heterocycles. The maximum atomic E-state index is 12.8. The zero-order chi connectivity index (χ0) is 12.8. The number of aromatic nitrogens is 1. The summed E-state index contributed by atoms with van der Waals surface area (Å²) in [6.45, 7) is 0.0817. The van der Waals surface area contributed by atoms with Crippen molar-refractivity contribution in [3.63, 3.8) is 0 Å². The molecule has 1 rings (SSSR count). The number of esters is 1. The molecule has 0 bridgehead atoms. The van der Waals surface area contributed by atoms with Crippen molar-refractivity contribution in [1.29, 1.82) is 0 Å². The van der Waals surface area contributed by atoms with Crippen molar-refractivity contribution in [3.05, 3.63) is 28.8 Å². The van der Waals surface area contributed by atoms with Crippen molar-refractivity contribution in [1.82, 2.24) is 10.3 Å². The first-order chi connectivity index (χ1) is 8.04. The third-order valence-electron chi connectivity index (χ3n) is 1.89. The summed E-state index contributed by atoms with van der Waals surface area (Å²) >= 11 is 5.63. The lowest BCUT2D eigenvalue weighted by Crippen LogP contribution is -2.26. The lowest BCUT2D eigenvalue weighted by atomic mass is 10.2. The SMILES string of the molecule is COC(=O)CCNC(=O)c1cc(F)cnc1Cl. The Bertz CT molecular complexity index is 440. The van der Waals surface area contributed by atoms with Crippen LogP contribution in [0.15, 0.2) is 12.3 Å². The number of hydrogen-bond acceptors (Lipinski definition) is 4. The Balaban J connectivity index is 2.58. The van der Waals surface area contributed by atoms with Crippen molar-refractivity contribution in [2.75, 3.05) is 13.7 Å². The zero-order valence-electron chi connectivity index (χ0n) is 9.00. The zero-order valence-corrected chi connectivity index (χ0v) is 9.75. The van der Waals surface area contributed by atoms with Crippen molar-refractivity contribution in [2.45, 2.75) is 6.42 Å². The summed E-state index contributed by atoms with van der Waals surface area (Å²) < 4.78 is 17.2. The van der Waals surface area contributed by atoms with Crippen LogP contribution in [0.2, 0.25) is 5.15 Å².